The third kappa shape index (κ3) is 2.87. The Balaban J connectivity index is 0.000001000. The van der Waals surface area contributed by atoms with Gasteiger partial charge in [-0.25, -0.2) is 0 Å². The monoisotopic (exact) mass is 270 g/mol. The highest BCUT2D eigenvalue weighted by Crippen LogP contribution is 2.27. The Kier molecular flexibility index (Phi) is 5.64. The van der Waals surface area contributed by atoms with E-state index in [1.54, 1.807) is 0 Å². The first-order valence-electron chi connectivity index (χ1n) is 4.18. The maximum Gasteiger partial charge on any atom is 0.00204 e. The minimum absolute atomic E-state index is 0. The molecule has 1 fully saturated rings. The van der Waals surface area contributed by atoms with Gasteiger partial charge in [0.25, 0.3) is 0 Å². The first-order valence-corrected chi connectivity index (χ1v) is 4.18. The van der Waals surface area contributed by atoms with Crippen molar-refractivity contribution in [3.8, 4) is 0 Å². The molecule has 2 N–H and O–H groups in total. The lowest BCUT2D eigenvalue weighted by Crippen LogP contribution is -2.33. The van der Waals surface area contributed by atoms with Crippen molar-refractivity contribution in [1.29, 1.82) is 0 Å². The van der Waals surface area contributed by atoms with Gasteiger partial charge in [0, 0.05) is 13.1 Å². The van der Waals surface area contributed by atoms with Crippen molar-refractivity contribution in [2.24, 2.45) is 5.41 Å². The fraction of sp³-hybridized carbons (Fsp3) is 1.00. The van der Waals surface area contributed by atoms with E-state index in [2.05, 4.69) is 17.6 Å². The summed E-state index contributed by atoms with van der Waals surface area (Å²) in [4.78, 5) is 0. The molecule has 1 atom stereocenters. The molecule has 1 rings (SSSR count). The van der Waals surface area contributed by atoms with Crippen molar-refractivity contribution in [2.75, 3.05) is 26.7 Å². The van der Waals surface area contributed by atoms with Crippen molar-refractivity contribution in [3.05, 3.63) is 0 Å². The van der Waals surface area contributed by atoms with Gasteiger partial charge in [-0.3, -0.25) is 0 Å². The summed E-state index contributed by atoms with van der Waals surface area (Å²) in [6.07, 6.45) is 2.63. The predicted octanol–water partition coefficient (Wildman–Crippen LogP) is 1.21. The van der Waals surface area contributed by atoms with Crippen LogP contribution >= 0.6 is 24.0 Å². The van der Waals surface area contributed by atoms with Crippen LogP contribution in [0.15, 0.2) is 0 Å². The van der Waals surface area contributed by atoms with Crippen molar-refractivity contribution >= 4 is 24.0 Å². The lowest BCUT2D eigenvalue weighted by molar-refractivity contribution is 0.300. The van der Waals surface area contributed by atoms with Gasteiger partial charge in [-0.1, -0.05) is 6.92 Å². The molecule has 1 aliphatic heterocycles. The summed E-state index contributed by atoms with van der Waals surface area (Å²) >= 11 is 0. The molecule has 3 heteroatoms. The van der Waals surface area contributed by atoms with Crippen LogP contribution in [0.1, 0.15) is 19.8 Å². The van der Waals surface area contributed by atoms with Gasteiger partial charge in [-0.05, 0) is 31.8 Å². The predicted molar refractivity (Wildman–Crippen MR) is 59.6 cm³/mol. The van der Waals surface area contributed by atoms with Gasteiger partial charge in [0.05, 0.1) is 0 Å². The van der Waals surface area contributed by atoms with E-state index < -0.39 is 0 Å². The van der Waals surface area contributed by atoms with Gasteiger partial charge in [-0.15, -0.1) is 24.0 Å². The van der Waals surface area contributed by atoms with E-state index in [0.717, 1.165) is 6.54 Å². The van der Waals surface area contributed by atoms with Crippen LogP contribution in [-0.2, 0) is 0 Å². The van der Waals surface area contributed by atoms with Crippen LogP contribution in [0.4, 0.5) is 0 Å². The third-order valence-corrected chi connectivity index (χ3v) is 2.63. The highest BCUT2D eigenvalue weighted by molar-refractivity contribution is 14.0. The Morgan fingerprint density at radius 1 is 1.55 bits per heavy atom. The van der Waals surface area contributed by atoms with Crippen molar-refractivity contribution in [3.63, 3.8) is 0 Å². The molecule has 1 saturated heterocycles. The first-order chi connectivity index (χ1) is 4.83. The van der Waals surface area contributed by atoms with Gasteiger partial charge in [-0.2, -0.15) is 0 Å². The SMILES string of the molecule is CCC1(CNC)CCNC1.I. The molecule has 0 aromatic heterocycles. The normalized spacial score (nSPS) is 30.0. The molecule has 0 aromatic carbocycles. The molecule has 0 radical (unpaired) electrons. The van der Waals surface area contributed by atoms with Crippen LogP contribution < -0.4 is 10.6 Å². The molecule has 2 nitrogen and oxygen atoms in total. The van der Waals surface area contributed by atoms with E-state index in [4.69, 9.17) is 0 Å². The second kappa shape index (κ2) is 5.32. The van der Waals surface area contributed by atoms with Gasteiger partial charge >= 0.3 is 0 Å². The van der Waals surface area contributed by atoms with Gasteiger partial charge < -0.3 is 10.6 Å². The van der Waals surface area contributed by atoms with E-state index in [-0.39, 0.29) is 24.0 Å². The minimum atomic E-state index is 0. The topological polar surface area (TPSA) is 24.1 Å². The molecule has 0 bridgehead atoms. The largest absolute Gasteiger partial charge is 0.319 e. The molecule has 0 aliphatic carbocycles. The maximum absolute atomic E-state index is 3.41. The lowest BCUT2D eigenvalue weighted by Gasteiger charge is -2.25. The molecular weight excluding hydrogens is 251 g/mol. The summed E-state index contributed by atoms with van der Waals surface area (Å²) in [5.41, 5.74) is 0.564. The Bertz CT molecular complexity index is 100. The maximum atomic E-state index is 3.41. The summed E-state index contributed by atoms with van der Waals surface area (Å²) in [6.45, 7) is 5.85. The molecule has 0 saturated carbocycles. The zero-order valence-electron chi connectivity index (χ0n) is 7.44. The number of hydrogen-bond acceptors (Lipinski definition) is 2. The van der Waals surface area contributed by atoms with Gasteiger partial charge in [0.1, 0.15) is 0 Å². The molecule has 1 unspecified atom stereocenters. The summed E-state index contributed by atoms with van der Waals surface area (Å²) < 4.78 is 0. The number of halogens is 1. The summed E-state index contributed by atoms with van der Waals surface area (Å²) in [7, 11) is 2.04. The fourth-order valence-corrected chi connectivity index (χ4v) is 1.75. The number of nitrogens with one attached hydrogen (secondary N) is 2. The van der Waals surface area contributed by atoms with Crippen molar-refractivity contribution < 1.29 is 0 Å². The van der Waals surface area contributed by atoms with E-state index in [1.165, 1.54) is 25.9 Å². The summed E-state index contributed by atoms with van der Waals surface area (Å²) in [5.74, 6) is 0. The van der Waals surface area contributed by atoms with E-state index in [1.807, 2.05) is 7.05 Å². The van der Waals surface area contributed by atoms with Gasteiger partial charge in [0.2, 0.25) is 0 Å². The molecule has 11 heavy (non-hydrogen) atoms. The van der Waals surface area contributed by atoms with Crippen LogP contribution in [0.25, 0.3) is 0 Å². The van der Waals surface area contributed by atoms with Crippen LogP contribution in [0.5, 0.6) is 0 Å². The zero-order valence-corrected chi connectivity index (χ0v) is 9.77. The third-order valence-electron chi connectivity index (χ3n) is 2.63. The zero-order chi connectivity index (χ0) is 7.45. The fourth-order valence-electron chi connectivity index (χ4n) is 1.75. The summed E-state index contributed by atoms with van der Waals surface area (Å²) in [6, 6.07) is 0. The average Bonchev–Trinajstić information content (AvgIpc) is 2.39. The average molecular weight is 270 g/mol. The van der Waals surface area contributed by atoms with Crippen molar-refractivity contribution in [1.82, 2.24) is 10.6 Å². The minimum Gasteiger partial charge on any atom is -0.319 e. The molecule has 0 aromatic rings. The molecular formula is C8H19IN2. The smallest absolute Gasteiger partial charge is 0.00204 e. The standard InChI is InChI=1S/C8H18N2.HI/c1-3-8(6-9-2)4-5-10-7-8;/h9-10H,3-7H2,1-2H3;1H. The number of rotatable bonds is 3. The molecule has 68 valence electrons. The second-order valence-electron chi connectivity index (χ2n) is 3.31. The Hall–Kier alpha value is 0.650. The lowest BCUT2D eigenvalue weighted by atomic mass is 9.84. The Morgan fingerprint density at radius 3 is 2.64 bits per heavy atom. The van der Waals surface area contributed by atoms with E-state index in [0.29, 0.717) is 5.41 Å². The van der Waals surface area contributed by atoms with Crippen LogP contribution in [0, 0.1) is 5.41 Å². The highest BCUT2D eigenvalue weighted by Gasteiger charge is 2.30. The first kappa shape index (κ1) is 11.6. The molecule has 1 aliphatic rings. The summed E-state index contributed by atoms with van der Waals surface area (Å²) in [5, 5.41) is 6.67. The van der Waals surface area contributed by atoms with Crippen LogP contribution in [0.2, 0.25) is 0 Å². The Labute approximate surface area is 86.5 Å². The Morgan fingerprint density at radius 2 is 2.27 bits per heavy atom. The van der Waals surface area contributed by atoms with Crippen LogP contribution in [0.3, 0.4) is 0 Å². The van der Waals surface area contributed by atoms with E-state index >= 15 is 0 Å². The van der Waals surface area contributed by atoms with E-state index in [9.17, 15) is 0 Å². The highest BCUT2D eigenvalue weighted by atomic mass is 127. The quantitative estimate of drug-likeness (QED) is 0.753. The number of hydrogen-bond donors (Lipinski definition) is 2. The second-order valence-corrected chi connectivity index (χ2v) is 3.31. The molecule has 1 heterocycles. The van der Waals surface area contributed by atoms with Gasteiger partial charge in [0.15, 0.2) is 0 Å². The van der Waals surface area contributed by atoms with Crippen molar-refractivity contribution in [2.45, 2.75) is 19.8 Å². The van der Waals surface area contributed by atoms with Crippen LogP contribution in [-0.4, -0.2) is 26.7 Å². The molecule has 0 spiro atoms. The molecule has 0 amide bonds.